The Bertz CT molecular complexity index is 846. The third-order valence-electron chi connectivity index (χ3n) is 6.69. The zero-order valence-electron chi connectivity index (χ0n) is 17.7. The number of hydrogen-bond acceptors (Lipinski definition) is 5. The van der Waals surface area contributed by atoms with E-state index in [1.807, 2.05) is 18.2 Å². The number of piperidine rings is 1. The summed E-state index contributed by atoms with van der Waals surface area (Å²) in [5, 5.41) is 0. The first-order valence-corrected chi connectivity index (χ1v) is 10.6. The quantitative estimate of drug-likeness (QED) is 0.758. The van der Waals surface area contributed by atoms with Crippen molar-refractivity contribution in [3.05, 3.63) is 47.5 Å². The molecular weight excluding hydrogens is 364 g/mol. The van der Waals surface area contributed by atoms with Crippen molar-refractivity contribution in [2.45, 2.75) is 44.1 Å². The second-order valence-electron chi connectivity index (χ2n) is 8.21. The molecule has 5 heteroatoms. The number of ether oxygens (including phenoxy) is 3. The Balaban J connectivity index is 1.43. The van der Waals surface area contributed by atoms with E-state index in [0.717, 1.165) is 61.9 Å². The van der Waals surface area contributed by atoms with Crippen molar-refractivity contribution in [2.75, 3.05) is 39.6 Å². The molecule has 0 aliphatic carbocycles. The highest BCUT2D eigenvalue weighted by Crippen LogP contribution is 2.40. The van der Waals surface area contributed by atoms with Crippen LogP contribution in [0.3, 0.4) is 0 Å². The van der Waals surface area contributed by atoms with Crippen molar-refractivity contribution in [3.8, 4) is 17.2 Å². The zero-order chi connectivity index (χ0) is 20.4. The monoisotopic (exact) mass is 396 g/mol. The summed E-state index contributed by atoms with van der Waals surface area (Å²) in [4.78, 5) is 2.64. The van der Waals surface area contributed by atoms with Crippen molar-refractivity contribution in [1.29, 1.82) is 0 Å². The van der Waals surface area contributed by atoms with Gasteiger partial charge in [0.05, 0.1) is 20.8 Å². The van der Waals surface area contributed by atoms with Crippen LogP contribution in [0.2, 0.25) is 0 Å². The number of anilines is 1. The van der Waals surface area contributed by atoms with Crippen LogP contribution in [0, 0.1) is 0 Å². The molecule has 2 aliphatic heterocycles. The van der Waals surface area contributed by atoms with Crippen molar-refractivity contribution in [3.63, 3.8) is 0 Å². The first kappa shape index (κ1) is 19.9. The Morgan fingerprint density at radius 1 is 1.00 bits per heavy atom. The number of nitrogens with zero attached hydrogens (tertiary/aromatic N) is 1. The Morgan fingerprint density at radius 3 is 2.48 bits per heavy atom. The molecular formula is C24H32N2O3. The molecule has 2 aromatic carbocycles. The van der Waals surface area contributed by atoms with E-state index in [4.69, 9.17) is 19.9 Å². The highest BCUT2D eigenvalue weighted by molar-refractivity contribution is 5.50. The molecule has 2 atom stereocenters. The van der Waals surface area contributed by atoms with Crippen LogP contribution in [0.1, 0.15) is 49.1 Å². The van der Waals surface area contributed by atoms with Crippen molar-refractivity contribution < 1.29 is 14.2 Å². The van der Waals surface area contributed by atoms with E-state index in [1.165, 1.54) is 11.1 Å². The van der Waals surface area contributed by atoms with Gasteiger partial charge in [-0.3, -0.25) is 0 Å². The van der Waals surface area contributed by atoms with Gasteiger partial charge in [-0.25, -0.2) is 0 Å². The Hall–Kier alpha value is -2.40. The van der Waals surface area contributed by atoms with Crippen LogP contribution in [-0.4, -0.2) is 44.9 Å². The average Bonchev–Trinajstić information content (AvgIpc) is 2.77. The Morgan fingerprint density at radius 2 is 1.76 bits per heavy atom. The van der Waals surface area contributed by atoms with Gasteiger partial charge in [0.1, 0.15) is 5.75 Å². The van der Waals surface area contributed by atoms with Gasteiger partial charge in [-0.15, -0.1) is 0 Å². The summed E-state index contributed by atoms with van der Waals surface area (Å²) < 4.78 is 16.7. The van der Waals surface area contributed by atoms with Crippen LogP contribution in [0.5, 0.6) is 17.2 Å². The second-order valence-corrected chi connectivity index (χ2v) is 8.21. The average molecular weight is 397 g/mol. The first-order chi connectivity index (χ1) is 14.1. The predicted octanol–water partition coefficient (Wildman–Crippen LogP) is 4.42. The van der Waals surface area contributed by atoms with Crippen LogP contribution in [-0.2, 0) is 0 Å². The maximum atomic E-state index is 6.06. The van der Waals surface area contributed by atoms with Crippen molar-refractivity contribution >= 4 is 5.69 Å². The van der Waals surface area contributed by atoms with E-state index >= 15 is 0 Å². The molecule has 1 fully saturated rings. The maximum absolute atomic E-state index is 6.06. The lowest BCUT2D eigenvalue weighted by Crippen LogP contribution is -2.43. The number of methoxy groups -OCH3 is 2. The van der Waals surface area contributed by atoms with E-state index in [2.05, 4.69) is 30.0 Å². The molecule has 2 unspecified atom stereocenters. The summed E-state index contributed by atoms with van der Waals surface area (Å²) >= 11 is 0. The van der Waals surface area contributed by atoms with Gasteiger partial charge in [0, 0.05) is 23.2 Å². The molecule has 2 heterocycles. The fourth-order valence-corrected chi connectivity index (χ4v) is 4.94. The van der Waals surface area contributed by atoms with Gasteiger partial charge in [0.15, 0.2) is 11.5 Å². The molecule has 1 saturated heterocycles. The lowest BCUT2D eigenvalue weighted by molar-refractivity contribution is 0.124. The summed E-state index contributed by atoms with van der Waals surface area (Å²) in [6.07, 6.45) is 3.37. The molecule has 2 N–H and O–H groups in total. The number of rotatable bonds is 5. The summed E-state index contributed by atoms with van der Waals surface area (Å²) in [5.41, 5.74) is 9.50. The number of hydrogen-bond donors (Lipinski definition) is 1. The number of likely N-dealkylation sites (tertiary alicyclic amines) is 1. The molecule has 0 radical (unpaired) electrons. The fourth-order valence-electron chi connectivity index (χ4n) is 4.94. The minimum absolute atomic E-state index is 0.472. The largest absolute Gasteiger partial charge is 0.493 e. The van der Waals surface area contributed by atoms with Gasteiger partial charge in [-0.05, 0) is 81.1 Å². The Labute approximate surface area is 173 Å². The van der Waals surface area contributed by atoms with E-state index in [0.29, 0.717) is 17.9 Å². The molecule has 0 saturated carbocycles. The van der Waals surface area contributed by atoms with Gasteiger partial charge in [0.25, 0.3) is 0 Å². The number of nitrogen functional groups attached to an aromatic ring is 1. The van der Waals surface area contributed by atoms with E-state index in [-0.39, 0.29) is 0 Å². The highest BCUT2D eigenvalue weighted by Gasteiger charge is 2.32. The normalized spacial score (nSPS) is 21.1. The molecule has 4 rings (SSSR count). The maximum Gasteiger partial charge on any atom is 0.160 e. The molecule has 2 aromatic rings. The first-order valence-electron chi connectivity index (χ1n) is 10.6. The van der Waals surface area contributed by atoms with Crippen LogP contribution < -0.4 is 19.9 Å². The molecule has 5 nitrogen and oxygen atoms in total. The van der Waals surface area contributed by atoms with Crippen LogP contribution in [0.15, 0.2) is 36.4 Å². The SMILES string of the molecule is COc1ccc(C2CCN(C(C)C3CCOc4ccc(N)cc43)CC2)cc1OC. The summed E-state index contributed by atoms with van der Waals surface area (Å²) in [5.74, 6) is 3.65. The van der Waals surface area contributed by atoms with Gasteiger partial charge < -0.3 is 24.8 Å². The summed E-state index contributed by atoms with van der Waals surface area (Å²) in [7, 11) is 3.38. The van der Waals surface area contributed by atoms with Crippen molar-refractivity contribution in [2.24, 2.45) is 0 Å². The van der Waals surface area contributed by atoms with E-state index in [1.54, 1.807) is 14.2 Å². The minimum Gasteiger partial charge on any atom is -0.493 e. The van der Waals surface area contributed by atoms with Gasteiger partial charge in [0.2, 0.25) is 0 Å². The minimum atomic E-state index is 0.472. The topological polar surface area (TPSA) is 57.0 Å². The number of fused-ring (bicyclic) bond motifs is 1. The van der Waals surface area contributed by atoms with Gasteiger partial charge in [-0.2, -0.15) is 0 Å². The van der Waals surface area contributed by atoms with Gasteiger partial charge in [-0.1, -0.05) is 6.07 Å². The number of nitrogens with two attached hydrogens (primary N) is 1. The summed E-state index contributed by atoms with van der Waals surface area (Å²) in [6.45, 7) is 5.36. The van der Waals surface area contributed by atoms with Crippen LogP contribution in [0.4, 0.5) is 5.69 Å². The molecule has 0 spiro atoms. The standard InChI is InChI=1S/C24H32N2O3/c1-16(20-10-13-29-22-7-5-19(25)15-21(20)22)26-11-8-17(9-12-26)18-4-6-23(27-2)24(14-18)28-3/h4-7,14-17,20H,8-13,25H2,1-3H3. The number of benzene rings is 2. The predicted molar refractivity (Wildman–Crippen MR) is 116 cm³/mol. The van der Waals surface area contributed by atoms with E-state index in [9.17, 15) is 0 Å². The molecule has 29 heavy (non-hydrogen) atoms. The van der Waals surface area contributed by atoms with E-state index < -0.39 is 0 Å². The lowest BCUT2D eigenvalue weighted by atomic mass is 9.83. The highest BCUT2D eigenvalue weighted by atomic mass is 16.5. The van der Waals surface area contributed by atoms with Crippen LogP contribution in [0.25, 0.3) is 0 Å². The summed E-state index contributed by atoms with van der Waals surface area (Å²) in [6, 6.07) is 12.9. The van der Waals surface area contributed by atoms with Crippen LogP contribution >= 0.6 is 0 Å². The zero-order valence-corrected chi connectivity index (χ0v) is 17.7. The molecule has 2 aliphatic rings. The fraction of sp³-hybridized carbons (Fsp3) is 0.500. The van der Waals surface area contributed by atoms with Gasteiger partial charge >= 0.3 is 0 Å². The molecule has 0 bridgehead atoms. The third-order valence-corrected chi connectivity index (χ3v) is 6.69. The molecule has 156 valence electrons. The Kier molecular flexibility index (Phi) is 5.86. The van der Waals surface area contributed by atoms with Crippen molar-refractivity contribution in [1.82, 2.24) is 4.90 Å². The smallest absolute Gasteiger partial charge is 0.160 e. The molecule has 0 amide bonds. The lowest BCUT2D eigenvalue weighted by Gasteiger charge is -2.41. The third kappa shape index (κ3) is 4.01. The molecule has 0 aromatic heterocycles. The second kappa shape index (κ2) is 8.54.